The molecule has 0 bridgehead atoms. The molecule has 0 spiro atoms. The first-order valence-electron chi connectivity index (χ1n) is 9.64. The van der Waals surface area contributed by atoms with E-state index in [0.717, 1.165) is 5.56 Å². The SMILES string of the molecule is COCCN1C(=O)NC(c2ccc(Cl)nc2)C(C(=O)OCc2ccccc2OC)=C1C. The number of rotatable bonds is 8. The van der Waals surface area contributed by atoms with Gasteiger partial charge in [-0.1, -0.05) is 35.9 Å². The standard InChI is InChI=1S/C22H24ClN3O5/c1-14-19(21(27)31-13-16-6-4-5-7-17(16)30-3)20(15-8-9-18(23)24-12-15)25-22(28)26(14)10-11-29-2/h4-9,12,20H,10-11,13H2,1-3H3,(H,25,28). The molecule has 2 aromatic rings. The first kappa shape index (κ1) is 22.6. The predicted octanol–water partition coefficient (Wildman–Crippen LogP) is 3.47. The first-order valence-corrected chi connectivity index (χ1v) is 10.0. The molecular weight excluding hydrogens is 422 g/mol. The minimum Gasteiger partial charge on any atom is -0.496 e. The van der Waals surface area contributed by atoms with Gasteiger partial charge in [0.05, 0.1) is 31.9 Å². The Morgan fingerprint density at radius 3 is 2.68 bits per heavy atom. The van der Waals surface area contributed by atoms with Gasteiger partial charge in [0.25, 0.3) is 0 Å². The number of para-hydroxylation sites is 1. The van der Waals surface area contributed by atoms with E-state index in [9.17, 15) is 9.59 Å². The number of amides is 2. The number of halogens is 1. The van der Waals surface area contributed by atoms with Gasteiger partial charge >= 0.3 is 12.0 Å². The van der Waals surface area contributed by atoms with Crippen molar-refractivity contribution in [1.82, 2.24) is 15.2 Å². The van der Waals surface area contributed by atoms with Crippen molar-refractivity contribution < 1.29 is 23.8 Å². The van der Waals surface area contributed by atoms with Crippen LogP contribution in [-0.4, -0.2) is 49.3 Å². The lowest BCUT2D eigenvalue weighted by Gasteiger charge is -2.35. The van der Waals surface area contributed by atoms with E-state index in [1.807, 2.05) is 18.2 Å². The highest BCUT2D eigenvalue weighted by molar-refractivity contribution is 6.29. The largest absolute Gasteiger partial charge is 0.496 e. The maximum absolute atomic E-state index is 13.2. The van der Waals surface area contributed by atoms with E-state index in [0.29, 0.717) is 40.9 Å². The molecule has 1 aromatic heterocycles. The van der Waals surface area contributed by atoms with Crippen LogP contribution in [-0.2, 0) is 20.9 Å². The van der Waals surface area contributed by atoms with Crippen molar-refractivity contribution >= 4 is 23.6 Å². The van der Waals surface area contributed by atoms with E-state index >= 15 is 0 Å². The van der Waals surface area contributed by atoms with Crippen LogP contribution in [0.5, 0.6) is 5.75 Å². The van der Waals surface area contributed by atoms with Crippen LogP contribution in [0.2, 0.25) is 5.15 Å². The quantitative estimate of drug-likeness (QED) is 0.494. The molecule has 0 aliphatic carbocycles. The Labute approximate surface area is 185 Å². The number of carbonyl (C=O) groups is 2. The molecule has 3 rings (SSSR count). The third kappa shape index (κ3) is 5.15. The Morgan fingerprint density at radius 2 is 2.00 bits per heavy atom. The maximum atomic E-state index is 13.2. The van der Waals surface area contributed by atoms with E-state index in [4.69, 9.17) is 25.8 Å². The number of hydrogen-bond donors (Lipinski definition) is 1. The molecule has 0 saturated carbocycles. The van der Waals surface area contributed by atoms with Gasteiger partial charge < -0.3 is 19.5 Å². The van der Waals surface area contributed by atoms with E-state index in [-0.39, 0.29) is 12.6 Å². The number of esters is 1. The zero-order valence-electron chi connectivity index (χ0n) is 17.6. The Hall–Kier alpha value is -3.10. The number of urea groups is 1. The predicted molar refractivity (Wildman–Crippen MR) is 115 cm³/mol. The summed E-state index contributed by atoms with van der Waals surface area (Å²) in [5.74, 6) is 0.0730. The maximum Gasteiger partial charge on any atom is 0.338 e. The molecule has 164 valence electrons. The molecule has 9 heteroatoms. The van der Waals surface area contributed by atoms with Crippen molar-refractivity contribution in [3.8, 4) is 5.75 Å². The summed E-state index contributed by atoms with van der Waals surface area (Å²) in [7, 11) is 3.10. The Kier molecular flexibility index (Phi) is 7.49. The fourth-order valence-corrected chi connectivity index (χ4v) is 3.46. The molecule has 2 heterocycles. The second kappa shape index (κ2) is 10.3. The van der Waals surface area contributed by atoms with E-state index in [1.54, 1.807) is 39.3 Å². The Morgan fingerprint density at radius 1 is 1.23 bits per heavy atom. The third-order valence-electron chi connectivity index (χ3n) is 4.97. The number of carbonyl (C=O) groups excluding carboxylic acids is 2. The fourth-order valence-electron chi connectivity index (χ4n) is 3.35. The summed E-state index contributed by atoms with van der Waals surface area (Å²) in [4.78, 5) is 31.4. The van der Waals surface area contributed by atoms with Crippen molar-refractivity contribution in [3.63, 3.8) is 0 Å². The summed E-state index contributed by atoms with van der Waals surface area (Å²) in [6.45, 7) is 2.35. The van der Waals surface area contributed by atoms with Crippen molar-refractivity contribution in [2.45, 2.75) is 19.6 Å². The van der Waals surface area contributed by atoms with Crippen LogP contribution in [0.3, 0.4) is 0 Å². The van der Waals surface area contributed by atoms with Crippen LogP contribution in [0.25, 0.3) is 0 Å². The molecular formula is C22H24ClN3O5. The number of nitrogens with zero attached hydrogens (tertiary/aromatic N) is 2. The molecule has 31 heavy (non-hydrogen) atoms. The molecule has 2 amide bonds. The highest BCUT2D eigenvalue weighted by Gasteiger charge is 2.36. The summed E-state index contributed by atoms with van der Waals surface area (Å²) < 4.78 is 16.0. The molecule has 0 radical (unpaired) electrons. The second-order valence-electron chi connectivity index (χ2n) is 6.83. The molecule has 0 fully saturated rings. The van der Waals surface area contributed by atoms with Gasteiger partial charge in [0.1, 0.15) is 17.5 Å². The van der Waals surface area contributed by atoms with Crippen LogP contribution < -0.4 is 10.1 Å². The topological polar surface area (TPSA) is 90.0 Å². The van der Waals surface area contributed by atoms with E-state index in [1.165, 1.54) is 11.1 Å². The van der Waals surface area contributed by atoms with Crippen molar-refractivity contribution in [3.05, 3.63) is 70.1 Å². The number of allylic oxidation sites excluding steroid dienone is 1. The molecule has 1 aliphatic rings. The lowest BCUT2D eigenvalue weighted by atomic mass is 9.96. The smallest absolute Gasteiger partial charge is 0.338 e. The summed E-state index contributed by atoms with van der Waals surface area (Å²) in [6, 6.07) is 9.55. The first-order chi connectivity index (χ1) is 15.0. The Balaban J connectivity index is 1.92. The van der Waals surface area contributed by atoms with E-state index in [2.05, 4.69) is 10.3 Å². The van der Waals surface area contributed by atoms with E-state index < -0.39 is 12.0 Å². The van der Waals surface area contributed by atoms with Gasteiger partial charge in [0.2, 0.25) is 0 Å². The number of methoxy groups -OCH3 is 2. The average molecular weight is 446 g/mol. The summed E-state index contributed by atoms with van der Waals surface area (Å²) in [5.41, 5.74) is 2.16. The number of aromatic nitrogens is 1. The van der Waals surface area contributed by atoms with Crippen LogP contribution in [0.1, 0.15) is 24.1 Å². The highest BCUT2D eigenvalue weighted by atomic mass is 35.5. The number of benzene rings is 1. The van der Waals surface area contributed by atoms with Crippen LogP contribution in [0.15, 0.2) is 53.9 Å². The van der Waals surface area contributed by atoms with Gasteiger partial charge in [-0.3, -0.25) is 4.90 Å². The van der Waals surface area contributed by atoms with Crippen molar-refractivity contribution in [2.75, 3.05) is 27.4 Å². The molecule has 1 aromatic carbocycles. The minimum atomic E-state index is -0.721. The number of pyridine rings is 1. The van der Waals surface area contributed by atoms with Gasteiger partial charge in [-0.25, -0.2) is 14.6 Å². The van der Waals surface area contributed by atoms with Crippen molar-refractivity contribution in [1.29, 1.82) is 0 Å². The highest BCUT2D eigenvalue weighted by Crippen LogP contribution is 2.32. The number of nitrogens with one attached hydrogen (secondary N) is 1. The van der Waals surface area contributed by atoms with Crippen LogP contribution in [0, 0.1) is 0 Å². The molecule has 1 atom stereocenters. The lowest BCUT2D eigenvalue weighted by molar-refractivity contribution is -0.141. The molecule has 1 aliphatic heterocycles. The normalized spacial score (nSPS) is 16.2. The molecule has 8 nitrogen and oxygen atoms in total. The van der Waals surface area contributed by atoms with Crippen LogP contribution in [0.4, 0.5) is 4.79 Å². The summed E-state index contributed by atoms with van der Waals surface area (Å²) in [5, 5.41) is 3.17. The van der Waals surface area contributed by atoms with Crippen molar-refractivity contribution in [2.24, 2.45) is 0 Å². The van der Waals surface area contributed by atoms with Crippen LogP contribution >= 0.6 is 11.6 Å². The number of ether oxygens (including phenoxy) is 3. The lowest BCUT2D eigenvalue weighted by Crippen LogP contribution is -2.49. The van der Waals surface area contributed by atoms with Gasteiger partial charge in [-0.05, 0) is 24.6 Å². The summed E-state index contributed by atoms with van der Waals surface area (Å²) in [6.07, 6.45) is 1.53. The zero-order valence-corrected chi connectivity index (χ0v) is 18.3. The third-order valence-corrected chi connectivity index (χ3v) is 5.19. The Bertz CT molecular complexity index is 977. The van der Waals surface area contributed by atoms with Gasteiger partial charge in [0, 0.05) is 24.6 Å². The van der Waals surface area contributed by atoms with Gasteiger partial charge in [-0.2, -0.15) is 0 Å². The minimum absolute atomic E-state index is 0.0250. The fraction of sp³-hybridized carbons (Fsp3) is 0.318. The van der Waals surface area contributed by atoms with Gasteiger partial charge in [-0.15, -0.1) is 0 Å². The summed E-state index contributed by atoms with van der Waals surface area (Å²) >= 11 is 5.90. The molecule has 1 N–H and O–H groups in total. The number of hydrogen-bond acceptors (Lipinski definition) is 6. The zero-order chi connectivity index (χ0) is 22.4. The molecule has 0 saturated heterocycles. The molecule has 1 unspecified atom stereocenters. The second-order valence-corrected chi connectivity index (χ2v) is 7.22. The monoisotopic (exact) mass is 445 g/mol. The average Bonchev–Trinajstić information content (AvgIpc) is 2.77. The van der Waals surface area contributed by atoms with Gasteiger partial charge in [0.15, 0.2) is 0 Å².